The summed E-state index contributed by atoms with van der Waals surface area (Å²) in [6, 6.07) is 11.5. The Labute approximate surface area is 214 Å². The Bertz CT molecular complexity index is 1570. The highest BCUT2D eigenvalue weighted by molar-refractivity contribution is 6.37. The lowest BCUT2D eigenvalue weighted by Crippen LogP contribution is -2.15. The number of ketones is 1. The van der Waals surface area contributed by atoms with Crippen LogP contribution in [0.1, 0.15) is 60.3 Å². The fourth-order valence-electron chi connectivity index (χ4n) is 4.33. The maximum Gasteiger partial charge on any atom is 0.337 e. The summed E-state index contributed by atoms with van der Waals surface area (Å²) in [4.78, 5) is 36.7. The Morgan fingerprint density at radius 3 is 2.08 bits per heavy atom. The van der Waals surface area contributed by atoms with Crippen molar-refractivity contribution < 1.29 is 34.1 Å². The number of benzene rings is 3. The molecule has 9 heteroatoms. The minimum Gasteiger partial charge on any atom is -0.506 e. The molecular formula is C27H17Cl2FO6. The zero-order valence-corrected chi connectivity index (χ0v) is 20.3. The number of carboxylic acid groups (broad SMARTS) is 2. The molecule has 0 saturated carbocycles. The number of Topliss-reactive ketones (excluding diaryl/α,β-unsaturated/α-hetero) is 1. The summed E-state index contributed by atoms with van der Waals surface area (Å²) in [5.74, 6) is -5.00. The van der Waals surface area contributed by atoms with Gasteiger partial charge in [-0.25, -0.2) is 14.0 Å². The number of carbonyl (C=O) groups is 3. The number of carbonyl (C=O) groups excluding carboxylic acids is 1. The lowest BCUT2D eigenvalue weighted by Gasteiger charge is -2.25. The number of carboxylic acids is 2. The van der Waals surface area contributed by atoms with Crippen molar-refractivity contribution >= 4 is 52.1 Å². The molecule has 1 aliphatic carbocycles. The van der Waals surface area contributed by atoms with E-state index in [2.05, 4.69) is 0 Å². The van der Waals surface area contributed by atoms with Gasteiger partial charge in [0.15, 0.2) is 5.83 Å². The minimum atomic E-state index is -1.51. The fourth-order valence-corrected chi connectivity index (χ4v) is 4.82. The summed E-state index contributed by atoms with van der Waals surface area (Å²) in [6.07, 6.45) is 0. The van der Waals surface area contributed by atoms with Crippen LogP contribution in [0.3, 0.4) is 0 Å². The molecule has 0 atom stereocenters. The van der Waals surface area contributed by atoms with Gasteiger partial charge in [0, 0.05) is 5.56 Å². The molecule has 36 heavy (non-hydrogen) atoms. The number of halogens is 3. The van der Waals surface area contributed by atoms with Crippen molar-refractivity contribution in [2.75, 3.05) is 0 Å². The lowest BCUT2D eigenvalue weighted by atomic mass is 9.78. The highest BCUT2D eigenvalue weighted by Crippen LogP contribution is 2.46. The molecule has 3 aromatic rings. The van der Waals surface area contributed by atoms with Gasteiger partial charge in [-0.2, -0.15) is 0 Å². The van der Waals surface area contributed by atoms with E-state index in [1.807, 2.05) is 0 Å². The molecule has 0 heterocycles. The summed E-state index contributed by atoms with van der Waals surface area (Å²) in [6.45, 7) is 3.03. The first kappa shape index (κ1) is 25.2. The molecule has 3 N–H and O–H groups in total. The normalized spacial score (nSPS) is 14.5. The molecule has 0 spiro atoms. The smallest absolute Gasteiger partial charge is 0.337 e. The summed E-state index contributed by atoms with van der Waals surface area (Å²) in [5.41, 5.74) is 0.525. The second kappa shape index (κ2) is 9.26. The molecule has 6 nitrogen and oxygen atoms in total. The first-order valence-corrected chi connectivity index (χ1v) is 11.2. The van der Waals surface area contributed by atoms with Crippen LogP contribution in [0.5, 0.6) is 5.75 Å². The molecule has 1 aliphatic rings. The van der Waals surface area contributed by atoms with Gasteiger partial charge in [-0.05, 0) is 71.0 Å². The minimum absolute atomic E-state index is 0.0198. The van der Waals surface area contributed by atoms with E-state index in [-0.39, 0.29) is 38.6 Å². The first-order valence-electron chi connectivity index (χ1n) is 10.5. The van der Waals surface area contributed by atoms with Crippen molar-refractivity contribution in [1.29, 1.82) is 0 Å². The molecular weight excluding hydrogens is 510 g/mol. The number of rotatable bonds is 4. The van der Waals surface area contributed by atoms with Crippen LogP contribution < -0.4 is 0 Å². The van der Waals surface area contributed by atoms with Crippen molar-refractivity contribution in [3.05, 3.63) is 109 Å². The predicted octanol–water partition coefficient (Wildman–Crippen LogP) is 6.80. The Morgan fingerprint density at radius 1 is 0.861 bits per heavy atom. The van der Waals surface area contributed by atoms with E-state index in [1.165, 1.54) is 31.2 Å². The lowest BCUT2D eigenvalue weighted by molar-refractivity contribution is 0.0695. The summed E-state index contributed by atoms with van der Waals surface area (Å²) < 4.78 is 15.3. The number of allylic oxidation sites excluding steroid dienone is 3. The average molecular weight is 527 g/mol. The fraction of sp³-hybridized carbons (Fsp3) is 0.0741. The van der Waals surface area contributed by atoms with Gasteiger partial charge in [0.2, 0.25) is 5.78 Å². The third-order valence-corrected chi connectivity index (χ3v) is 6.71. The molecule has 0 radical (unpaired) electrons. The van der Waals surface area contributed by atoms with Crippen LogP contribution in [0.4, 0.5) is 4.39 Å². The zero-order valence-electron chi connectivity index (χ0n) is 18.8. The largest absolute Gasteiger partial charge is 0.506 e. The number of hydrogen-bond acceptors (Lipinski definition) is 4. The van der Waals surface area contributed by atoms with Gasteiger partial charge in [-0.15, -0.1) is 0 Å². The zero-order chi connectivity index (χ0) is 26.5. The standard InChI is InChI=1S/C27H17Cl2FO6/c1-11-9-19(31)18(28)10-17(11)21(15-7-8-16(26(33)34)23(29)22(15)27(35)36)20-12(2)24(30)25(32)14-6-4-3-5-13(14)20/h3-10,31H,1-2H3,(H,33,34)(H,35,36). The van der Waals surface area contributed by atoms with Crippen molar-refractivity contribution in [2.45, 2.75) is 13.8 Å². The van der Waals surface area contributed by atoms with Crippen LogP contribution in [0.25, 0.3) is 11.1 Å². The Kier molecular flexibility index (Phi) is 6.47. The van der Waals surface area contributed by atoms with Gasteiger partial charge in [0.25, 0.3) is 0 Å². The number of phenolic OH excluding ortho intramolecular Hbond substituents is 1. The summed E-state index contributed by atoms with van der Waals surface area (Å²) in [5, 5.41) is 29.1. The number of hydrogen-bond donors (Lipinski definition) is 3. The maximum atomic E-state index is 15.3. The van der Waals surface area contributed by atoms with E-state index in [1.54, 1.807) is 25.1 Å². The number of phenols is 1. The highest BCUT2D eigenvalue weighted by Gasteiger charge is 2.33. The number of aryl methyl sites for hydroxylation is 1. The molecule has 3 aromatic carbocycles. The molecule has 0 fully saturated rings. The van der Waals surface area contributed by atoms with E-state index >= 15 is 4.39 Å². The summed E-state index contributed by atoms with van der Waals surface area (Å²) >= 11 is 12.5. The Balaban J connectivity index is 2.29. The molecule has 4 rings (SSSR count). The van der Waals surface area contributed by atoms with Crippen molar-refractivity contribution in [1.82, 2.24) is 0 Å². The Morgan fingerprint density at radius 2 is 1.47 bits per heavy atom. The molecule has 0 unspecified atom stereocenters. The van der Waals surface area contributed by atoms with Crippen LogP contribution in [0.2, 0.25) is 10.0 Å². The first-order chi connectivity index (χ1) is 17.0. The SMILES string of the molecule is CC1=C(F)C(=O)c2ccccc2C1=C(c1cc(Cl)c(O)cc1C)c1ccc(C(=O)O)c(Cl)c1C(=O)O. The maximum absolute atomic E-state index is 15.3. The van der Waals surface area contributed by atoms with Crippen molar-refractivity contribution in [3.8, 4) is 5.75 Å². The molecule has 0 amide bonds. The van der Waals surface area contributed by atoms with Crippen molar-refractivity contribution in [3.63, 3.8) is 0 Å². The topological polar surface area (TPSA) is 112 Å². The third-order valence-electron chi connectivity index (χ3n) is 6.01. The van der Waals surface area contributed by atoms with E-state index in [9.17, 15) is 29.7 Å². The van der Waals surface area contributed by atoms with Gasteiger partial charge >= 0.3 is 11.9 Å². The van der Waals surface area contributed by atoms with Gasteiger partial charge in [-0.3, -0.25) is 4.79 Å². The van der Waals surface area contributed by atoms with E-state index in [0.717, 1.165) is 6.07 Å². The molecule has 0 aliphatic heterocycles. The Hall–Kier alpha value is -3.94. The van der Waals surface area contributed by atoms with E-state index in [0.29, 0.717) is 16.7 Å². The monoisotopic (exact) mass is 526 g/mol. The van der Waals surface area contributed by atoms with Crippen molar-refractivity contribution in [2.24, 2.45) is 0 Å². The van der Waals surface area contributed by atoms with E-state index < -0.39 is 39.7 Å². The van der Waals surface area contributed by atoms with Gasteiger partial charge < -0.3 is 15.3 Å². The molecule has 0 aromatic heterocycles. The van der Waals surface area contributed by atoms with Crippen LogP contribution in [0, 0.1) is 6.92 Å². The van der Waals surface area contributed by atoms with Crippen LogP contribution in [-0.2, 0) is 0 Å². The second-order valence-corrected chi connectivity index (χ2v) is 8.93. The average Bonchev–Trinajstić information content (AvgIpc) is 2.82. The van der Waals surface area contributed by atoms with E-state index in [4.69, 9.17) is 23.2 Å². The second-order valence-electron chi connectivity index (χ2n) is 8.14. The number of aromatic hydroxyl groups is 1. The van der Waals surface area contributed by atoms with Crippen LogP contribution in [-0.4, -0.2) is 33.0 Å². The highest BCUT2D eigenvalue weighted by atomic mass is 35.5. The predicted molar refractivity (Wildman–Crippen MR) is 134 cm³/mol. The summed E-state index contributed by atoms with van der Waals surface area (Å²) in [7, 11) is 0. The number of fused-ring (bicyclic) bond motifs is 1. The third kappa shape index (κ3) is 3.96. The van der Waals surface area contributed by atoms with Crippen LogP contribution in [0.15, 0.2) is 59.9 Å². The van der Waals surface area contributed by atoms with Gasteiger partial charge in [-0.1, -0.05) is 53.5 Å². The number of aromatic carboxylic acids is 2. The molecule has 182 valence electrons. The van der Waals surface area contributed by atoms with Gasteiger partial charge in [0.05, 0.1) is 21.2 Å². The molecule has 0 bridgehead atoms. The molecule has 0 saturated heterocycles. The quantitative estimate of drug-likeness (QED) is 0.344. The van der Waals surface area contributed by atoms with Crippen LogP contribution >= 0.6 is 23.2 Å². The van der Waals surface area contributed by atoms with Gasteiger partial charge in [0.1, 0.15) is 5.75 Å².